The SMILES string of the molecule is C=CC(=O)N1CCN(c2nc(N3CC(N(C)C)C3)nc3c2CC[C@@H](N2CC(C)(C)c4ccc(F)cc42)C3)C[C@@H]1CC#N. The fraction of sp³-hybridized carbons (Fsp3) is 0.562. The largest absolute Gasteiger partial charge is 0.367 e. The number of anilines is 3. The van der Waals surface area contributed by atoms with Crippen LogP contribution >= 0.6 is 0 Å². The molecule has 3 aliphatic heterocycles. The van der Waals surface area contributed by atoms with Crippen molar-refractivity contribution >= 4 is 23.4 Å². The predicted octanol–water partition coefficient (Wildman–Crippen LogP) is 3.14. The number of benzene rings is 1. The lowest BCUT2D eigenvalue weighted by Gasteiger charge is -2.45. The number of piperazine rings is 1. The predicted molar refractivity (Wildman–Crippen MR) is 162 cm³/mol. The summed E-state index contributed by atoms with van der Waals surface area (Å²) in [5.74, 6) is 1.35. The van der Waals surface area contributed by atoms with Crippen molar-refractivity contribution < 1.29 is 9.18 Å². The minimum Gasteiger partial charge on any atom is -0.367 e. The number of hydrogen-bond donors (Lipinski definition) is 0. The number of nitriles is 1. The first-order chi connectivity index (χ1) is 20.1. The second kappa shape index (κ2) is 10.8. The van der Waals surface area contributed by atoms with Gasteiger partial charge in [-0.25, -0.2) is 9.37 Å². The van der Waals surface area contributed by atoms with Gasteiger partial charge in [-0.15, -0.1) is 0 Å². The minimum absolute atomic E-state index is 0.0531. The van der Waals surface area contributed by atoms with Gasteiger partial charge in [-0.3, -0.25) is 4.79 Å². The van der Waals surface area contributed by atoms with Crippen LogP contribution in [0, 0.1) is 17.1 Å². The lowest BCUT2D eigenvalue weighted by molar-refractivity contribution is -0.128. The summed E-state index contributed by atoms with van der Waals surface area (Å²) in [6.07, 6.45) is 4.12. The first kappa shape index (κ1) is 28.4. The number of amides is 1. The molecule has 0 N–H and O–H groups in total. The molecule has 1 aromatic heterocycles. The van der Waals surface area contributed by atoms with Gasteiger partial charge in [0.15, 0.2) is 0 Å². The molecule has 222 valence electrons. The van der Waals surface area contributed by atoms with Gasteiger partial charge in [0.05, 0.1) is 24.2 Å². The molecule has 2 atom stereocenters. The van der Waals surface area contributed by atoms with Crippen LogP contribution in [0.15, 0.2) is 30.9 Å². The molecule has 42 heavy (non-hydrogen) atoms. The van der Waals surface area contributed by atoms with Gasteiger partial charge in [0.25, 0.3) is 0 Å². The fourth-order valence-electron chi connectivity index (χ4n) is 7.15. The van der Waals surface area contributed by atoms with Crippen molar-refractivity contribution in [1.29, 1.82) is 5.26 Å². The van der Waals surface area contributed by atoms with Gasteiger partial charge in [0.2, 0.25) is 11.9 Å². The van der Waals surface area contributed by atoms with E-state index in [1.807, 2.05) is 6.07 Å². The summed E-state index contributed by atoms with van der Waals surface area (Å²) in [7, 11) is 4.20. The van der Waals surface area contributed by atoms with E-state index in [9.17, 15) is 14.4 Å². The van der Waals surface area contributed by atoms with Gasteiger partial charge in [-0.1, -0.05) is 26.5 Å². The molecule has 4 aliphatic rings. The lowest BCUT2D eigenvalue weighted by Crippen LogP contribution is -2.58. The van der Waals surface area contributed by atoms with Gasteiger partial charge in [-0.2, -0.15) is 10.2 Å². The molecule has 2 fully saturated rings. The first-order valence-corrected chi connectivity index (χ1v) is 15.0. The second-order valence-corrected chi connectivity index (χ2v) is 13.1. The van der Waals surface area contributed by atoms with E-state index in [0.717, 1.165) is 67.6 Å². The summed E-state index contributed by atoms with van der Waals surface area (Å²) < 4.78 is 14.4. The molecule has 9 nitrogen and oxygen atoms in total. The molecule has 0 saturated carbocycles. The van der Waals surface area contributed by atoms with Crippen LogP contribution < -0.4 is 14.7 Å². The smallest absolute Gasteiger partial charge is 0.246 e. The number of halogens is 1. The Morgan fingerprint density at radius 1 is 1.21 bits per heavy atom. The van der Waals surface area contributed by atoms with E-state index >= 15 is 0 Å². The Hall–Kier alpha value is -3.71. The molecule has 1 aromatic carbocycles. The van der Waals surface area contributed by atoms with Crippen molar-refractivity contribution in [1.82, 2.24) is 19.8 Å². The van der Waals surface area contributed by atoms with Gasteiger partial charge in [-0.05, 0) is 50.7 Å². The lowest BCUT2D eigenvalue weighted by atomic mass is 9.87. The van der Waals surface area contributed by atoms with Crippen LogP contribution in [0.25, 0.3) is 0 Å². The monoisotopic (exact) mass is 572 g/mol. The highest BCUT2D eigenvalue weighted by atomic mass is 19.1. The Labute approximate surface area is 248 Å². The maximum atomic E-state index is 14.4. The van der Waals surface area contributed by atoms with E-state index in [0.29, 0.717) is 25.7 Å². The molecule has 1 amide bonds. The Morgan fingerprint density at radius 2 is 2.00 bits per heavy atom. The van der Waals surface area contributed by atoms with Crippen LogP contribution in [-0.4, -0.2) is 97.2 Å². The van der Waals surface area contributed by atoms with Crippen molar-refractivity contribution in [3.05, 3.63) is 53.5 Å². The minimum atomic E-state index is -0.222. The van der Waals surface area contributed by atoms with E-state index in [4.69, 9.17) is 9.97 Å². The molecule has 4 heterocycles. The average molecular weight is 573 g/mol. The Morgan fingerprint density at radius 3 is 2.71 bits per heavy atom. The Balaban J connectivity index is 1.33. The molecule has 1 aliphatic carbocycles. The zero-order valence-corrected chi connectivity index (χ0v) is 25.2. The molecule has 0 unspecified atom stereocenters. The number of fused-ring (bicyclic) bond motifs is 2. The summed E-state index contributed by atoms with van der Waals surface area (Å²) in [5, 5.41) is 9.53. The van der Waals surface area contributed by atoms with Crippen molar-refractivity contribution in [3.63, 3.8) is 0 Å². The maximum Gasteiger partial charge on any atom is 0.246 e. The van der Waals surface area contributed by atoms with E-state index < -0.39 is 0 Å². The molecule has 0 bridgehead atoms. The van der Waals surface area contributed by atoms with Crippen molar-refractivity contribution in [3.8, 4) is 6.07 Å². The van der Waals surface area contributed by atoms with E-state index in [1.54, 1.807) is 17.0 Å². The zero-order chi connectivity index (χ0) is 29.8. The van der Waals surface area contributed by atoms with Crippen LogP contribution in [0.4, 0.5) is 21.8 Å². The number of likely N-dealkylation sites (N-methyl/N-ethyl adjacent to an activating group) is 1. The highest BCUT2D eigenvalue weighted by Gasteiger charge is 2.41. The number of carbonyl (C=O) groups is 1. The summed E-state index contributed by atoms with van der Waals surface area (Å²) in [6.45, 7) is 12.4. The summed E-state index contributed by atoms with van der Waals surface area (Å²) >= 11 is 0. The number of carbonyl (C=O) groups excluding carboxylic acids is 1. The quantitative estimate of drug-likeness (QED) is 0.489. The van der Waals surface area contributed by atoms with Gasteiger partial charge in [0.1, 0.15) is 11.6 Å². The van der Waals surface area contributed by atoms with Crippen LogP contribution in [0.5, 0.6) is 0 Å². The Bertz CT molecular complexity index is 1430. The third-order valence-electron chi connectivity index (χ3n) is 9.66. The average Bonchev–Trinajstić information content (AvgIpc) is 3.20. The molecule has 2 saturated heterocycles. The van der Waals surface area contributed by atoms with Crippen LogP contribution in [-0.2, 0) is 23.1 Å². The second-order valence-electron chi connectivity index (χ2n) is 13.1. The Kier molecular flexibility index (Phi) is 7.34. The van der Waals surface area contributed by atoms with Gasteiger partial charge < -0.3 is 24.5 Å². The van der Waals surface area contributed by atoms with E-state index in [2.05, 4.69) is 60.2 Å². The summed E-state index contributed by atoms with van der Waals surface area (Å²) in [6, 6.07) is 7.93. The highest BCUT2D eigenvalue weighted by molar-refractivity contribution is 5.87. The van der Waals surface area contributed by atoms with E-state index in [1.165, 1.54) is 11.6 Å². The first-order valence-electron chi connectivity index (χ1n) is 15.0. The molecule has 0 spiro atoms. The standard InChI is InChI=1S/C32H41FN8O/c1-6-29(42)40-14-13-38(17-23(40)11-12-34)30-25-9-8-22(41-20-32(2,3)26-10-7-21(33)15-28(26)41)16-27(25)35-31(36-30)39-18-24(19-39)37(4)5/h6-7,10,15,22-24H,1,8-9,11,13-14,16-20H2,2-5H3/t22-,23+/m1/s1. The zero-order valence-electron chi connectivity index (χ0n) is 25.2. The van der Waals surface area contributed by atoms with Gasteiger partial charge >= 0.3 is 0 Å². The number of aromatic nitrogens is 2. The van der Waals surface area contributed by atoms with Crippen LogP contribution in [0.3, 0.4) is 0 Å². The number of rotatable bonds is 6. The van der Waals surface area contributed by atoms with Gasteiger partial charge in [0, 0.05) is 74.4 Å². The van der Waals surface area contributed by atoms with Crippen LogP contribution in [0.2, 0.25) is 0 Å². The summed E-state index contributed by atoms with van der Waals surface area (Å²) in [4.78, 5) is 33.8. The summed E-state index contributed by atoms with van der Waals surface area (Å²) in [5.41, 5.74) is 4.37. The highest BCUT2D eigenvalue weighted by Crippen LogP contribution is 2.44. The molecular weight excluding hydrogens is 531 g/mol. The normalized spacial score (nSPS) is 23.4. The maximum absolute atomic E-state index is 14.4. The third-order valence-corrected chi connectivity index (χ3v) is 9.66. The molecule has 2 aromatic rings. The molecular formula is C32H41FN8O. The van der Waals surface area contributed by atoms with E-state index in [-0.39, 0.29) is 35.6 Å². The number of nitrogens with zero attached hydrogens (tertiary/aromatic N) is 8. The van der Waals surface area contributed by atoms with Crippen molar-refractivity contribution in [2.45, 2.75) is 63.1 Å². The van der Waals surface area contributed by atoms with Crippen molar-refractivity contribution in [2.75, 3.05) is 68.1 Å². The molecule has 6 rings (SSSR count). The van der Waals surface area contributed by atoms with Crippen LogP contribution in [0.1, 0.15) is 43.5 Å². The topological polar surface area (TPSA) is 82.8 Å². The third kappa shape index (κ3) is 4.98. The number of hydrogen-bond acceptors (Lipinski definition) is 8. The molecule has 0 radical (unpaired) electrons. The fourth-order valence-corrected chi connectivity index (χ4v) is 7.15. The molecule has 10 heteroatoms. The van der Waals surface area contributed by atoms with Crippen molar-refractivity contribution in [2.24, 2.45) is 0 Å².